The molecule has 0 bridgehead atoms. The van der Waals surface area contributed by atoms with Crippen molar-refractivity contribution in [2.45, 2.75) is 10.4 Å². The van der Waals surface area contributed by atoms with Crippen LogP contribution in [0.4, 0.5) is 13.2 Å². The fraction of sp³-hybridized carbons (Fsp3) is 0.0909. The minimum atomic E-state index is -5.41. The highest BCUT2D eigenvalue weighted by Gasteiger charge is 2.46. The number of hydrogen-bond acceptors (Lipinski definition) is 4. The summed E-state index contributed by atoms with van der Waals surface area (Å²) in [4.78, 5) is 9.79. The zero-order valence-electron chi connectivity index (χ0n) is 10.1. The lowest BCUT2D eigenvalue weighted by Crippen LogP contribution is -2.23. The van der Waals surface area contributed by atoms with Gasteiger partial charge < -0.3 is 5.11 Å². The molecule has 112 valence electrons. The summed E-state index contributed by atoms with van der Waals surface area (Å²) in [5, 5.41) is 12.4. The highest BCUT2D eigenvalue weighted by Crippen LogP contribution is 2.30. The minimum Gasteiger partial charge on any atom is -0.478 e. The number of nitrogens with zero attached hydrogens (tertiary/aromatic N) is 2. The average Bonchev–Trinajstić information content (AvgIpc) is 2.87. The molecule has 1 aromatic carbocycles. The number of alkyl halides is 3. The van der Waals surface area contributed by atoms with E-state index in [0.717, 1.165) is 41.3 Å². The van der Waals surface area contributed by atoms with Crippen LogP contribution in [0.3, 0.4) is 0 Å². The molecule has 0 saturated heterocycles. The summed E-state index contributed by atoms with van der Waals surface area (Å²) < 4.78 is 60.5. The number of carbonyl (C=O) groups is 1. The summed E-state index contributed by atoms with van der Waals surface area (Å²) in [5.41, 5.74) is -5.26. The van der Waals surface area contributed by atoms with Gasteiger partial charge in [0.05, 0.1) is 22.3 Å². The molecule has 21 heavy (non-hydrogen) atoms. The van der Waals surface area contributed by atoms with Crippen molar-refractivity contribution < 1.29 is 31.5 Å². The number of rotatable bonds is 3. The highest BCUT2D eigenvalue weighted by atomic mass is 32.2. The van der Waals surface area contributed by atoms with E-state index in [1.807, 2.05) is 0 Å². The van der Waals surface area contributed by atoms with Crippen LogP contribution in [0.5, 0.6) is 0 Å². The number of sulfone groups is 1. The normalized spacial score (nSPS) is 12.3. The number of benzene rings is 1. The van der Waals surface area contributed by atoms with Gasteiger partial charge in [0.15, 0.2) is 0 Å². The summed E-state index contributed by atoms with van der Waals surface area (Å²) in [5.74, 6) is -1.21. The van der Waals surface area contributed by atoms with Crippen LogP contribution >= 0.6 is 0 Å². The van der Waals surface area contributed by atoms with Gasteiger partial charge in [-0.15, -0.1) is 0 Å². The molecule has 1 N–H and O–H groups in total. The van der Waals surface area contributed by atoms with E-state index in [4.69, 9.17) is 5.11 Å². The molecule has 6 nitrogen and oxygen atoms in total. The molecule has 10 heteroatoms. The highest BCUT2D eigenvalue weighted by molar-refractivity contribution is 7.92. The topological polar surface area (TPSA) is 89.3 Å². The fourth-order valence-corrected chi connectivity index (χ4v) is 2.25. The van der Waals surface area contributed by atoms with Crippen LogP contribution in [-0.2, 0) is 9.84 Å². The minimum absolute atomic E-state index is 0.109. The van der Waals surface area contributed by atoms with Crippen molar-refractivity contribution in [3.05, 3.63) is 42.2 Å². The second kappa shape index (κ2) is 4.88. The zero-order chi connectivity index (χ0) is 15.8. The van der Waals surface area contributed by atoms with E-state index in [1.54, 1.807) is 0 Å². The largest absolute Gasteiger partial charge is 0.501 e. The second-order valence-electron chi connectivity index (χ2n) is 3.92. The lowest BCUT2D eigenvalue weighted by atomic mass is 10.3. The first-order chi connectivity index (χ1) is 9.63. The quantitative estimate of drug-likeness (QED) is 0.932. The Balaban J connectivity index is 2.37. The maximum absolute atomic E-state index is 12.4. The molecular weight excluding hydrogens is 313 g/mol. The summed E-state index contributed by atoms with van der Waals surface area (Å²) >= 11 is 0. The van der Waals surface area contributed by atoms with Crippen LogP contribution in [0.1, 0.15) is 10.4 Å². The van der Waals surface area contributed by atoms with Crippen molar-refractivity contribution in [2.75, 3.05) is 0 Å². The lowest BCUT2D eigenvalue weighted by molar-refractivity contribution is -0.0436. The van der Waals surface area contributed by atoms with Gasteiger partial charge in [0.1, 0.15) is 0 Å². The SMILES string of the molecule is O=C(O)c1cnn(-c2ccc(S(=O)(=O)C(F)(F)F)cc2)c1. The first-order valence-electron chi connectivity index (χ1n) is 5.32. The maximum atomic E-state index is 12.4. The Kier molecular flexibility index (Phi) is 3.49. The van der Waals surface area contributed by atoms with E-state index < -0.39 is 26.2 Å². The van der Waals surface area contributed by atoms with Crippen molar-refractivity contribution in [3.8, 4) is 5.69 Å². The van der Waals surface area contributed by atoms with Gasteiger partial charge in [0.25, 0.3) is 9.84 Å². The Morgan fingerprint density at radius 3 is 2.19 bits per heavy atom. The molecular formula is C11H7F3N2O4S. The Hall–Kier alpha value is -2.36. The van der Waals surface area contributed by atoms with Crippen molar-refractivity contribution in [3.63, 3.8) is 0 Å². The third kappa shape index (κ3) is 2.75. The zero-order valence-corrected chi connectivity index (χ0v) is 10.9. The van der Waals surface area contributed by atoms with Gasteiger partial charge >= 0.3 is 11.5 Å². The van der Waals surface area contributed by atoms with Gasteiger partial charge in [-0.2, -0.15) is 18.3 Å². The smallest absolute Gasteiger partial charge is 0.478 e. The number of hydrogen-bond donors (Lipinski definition) is 1. The predicted molar refractivity (Wildman–Crippen MR) is 63.8 cm³/mol. The molecule has 0 saturated carbocycles. The van der Waals surface area contributed by atoms with Gasteiger partial charge in [-0.1, -0.05) is 0 Å². The third-order valence-electron chi connectivity index (χ3n) is 2.55. The Labute approximate surface area is 116 Å². The molecule has 0 radical (unpaired) electrons. The third-order valence-corrected chi connectivity index (χ3v) is 4.05. The molecule has 0 aliphatic heterocycles. The van der Waals surface area contributed by atoms with Gasteiger partial charge in [-0.25, -0.2) is 17.9 Å². The molecule has 2 aromatic rings. The van der Waals surface area contributed by atoms with Crippen LogP contribution in [0.15, 0.2) is 41.6 Å². The fourth-order valence-electron chi connectivity index (χ4n) is 1.49. The van der Waals surface area contributed by atoms with E-state index >= 15 is 0 Å². The molecule has 0 spiro atoms. The lowest BCUT2D eigenvalue weighted by Gasteiger charge is -2.08. The maximum Gasteiger partial charge on any atom is 0.501 e. The number of aromatic nitrogens is 2. The van der Waals surface area contributed by atoms with Crippen LogP contribution in [-0.4, -0.2) is 34.8 Å². The number of halogens is 3. The second-order valence-corrected chi connectivity index (χ2v) is 5.86. The van der Waals surface area contributed by atoms with Crippen LogP contribution in [0.2, 0.25) is 0 Å². The van der Waals surface area contributed by atoms with E-state index in [-0.39, 0.29) is 11.3 Å². The molecule has 0 amide bonds. The summed E-state index contributed by atoms with van der Waals surface area (Å²) in [6.07, 6.45) is 2.21. The molecule has 0 aliphatic rings. The van der Waals surface area contributed by atoms with Crippen molar-refractivity contribution >= 4 is 15.8 Å². The van der Waals surface area contributed by atoms with Gasteiger partial charge in [0.2, 0.25) is 0 Å². The van der Waals surface area contributed by atoms with Crippen LogP contribution < -0.4 is 0 Å². The Morgan fingerprint density at radius 2 is 1.76 bits per heavy atom. The van der Waals surface area contributed by atoms with Crippen molar-refractivity contribution in [1.82, 2.24) is 9.78 Å². The molecule has 1 heterocycles. The molecule has 0 unspecified atom stereocenters. The van der Waals surface area contributed by atoms with Gasteiger partial charge in [-0.05, 0) is 24.3 Å². The van der Waals surface area contributed by atoms with Crippen molar-refractivity contribution in [2.24, 2.45) is 0 Å². The van der Waals surface area contributed by atoms with Crippen LogP contribution in [0.25, 0.3) is 5.69 Å². The average molecular weight is 320 g/mol. The molecule has 0 fully saturated rings. The number of aromatic carboxylic acids is 1. The van der Waals surface area contributed by atoms with Gasteiger partial charge in [0, 0.05) is 6.20 Å². The summed E-state index contributed by atoms with van der Waals surface area (Å²) in [6.45, 7) is 0. The molecule has 1 aromatic heterocycles. The molecule has 0 atom stereocenters. The molecule has 0 aliphatic carbocycles. The molecule has 2 rings (SSSR count). The van der Waals surface area contributed by atoms with E-state index in [2.05, 4.69) is 5.10 Å². The Morgan fingerprint density at radius 1 is 1.19 bits per heavy atom. The van der Waals surface area contributed by atoms with Gasteiger partial charge in [-0.3, -0.25) is 0 Å². The number of carboxylic acid groups (broad SMARTS) is 1. The first kappa shape index (κ1) is 15.0. The van der Waals surface area contributed by atoms with E-state index in [9.17, 15) is 26.4 Å². The van der Waals surface area contributed by atoms with Crippen LogP contribution in [0, 0.1) is 0 Å². The predicted octanol–water partition coefficient (Wildman–Crippen LogP) is 1.86. The Bertz CT molecular complexity index is 779. The van der Waals surface area contributed by atoms with E-state index in [1.165, 1.54) is 0 Å². The summed E-state index contributed by atoms with van der Waals surface area (Å²) in [6, 6.07) is 3.75. The number of carboxylic acids is 1. The summed E-state index contributed by atoms with van der Waals surface area (Å²) in [7, 11) is -5.41. The monoisotopic (exact) mass is 320 g/mol. The van der Waals surface area contributed by atoms with Crippen molar-refractivity contribution in [1.29, 1.82) is 0 Å². The first-order valence-corrected chi connectivity index (χ1v) is 6.81. The standard InChI is InChI=1S/C11H7F3N2O4S/c12-11(13,14)21(19,20)9-3-1-8(2-4-9)16-6-7(5-15-16)10(17)18/h1-6H,(H,17,18). The van der Waals surface area contributed by atoms with E-state index in [0.29, 0.717) is 0 Å².